The van der Waals surface area contributed by atoms with Crippen LogP contribution in [0.25, 0.3) is 0 Å². The third kappa shape index (κ3) is 2.42. The zero-order chi connectivity index (χ0) is 10.5. The van der Waals surface area contributed by atoms with E-state index in [4.69, 9.17) is 14.2 Å². The molecule has 0 fully saturated rings. The summed E-state index contributed by atoms with van der Waals surface area (Å²) in [5.41, 5.74) is -0.153. The molecule has 0 radical (unpaired) electrons. The van der Waals surface area contributed by atoms with E-state index in [2.05, 4.69) is 20.8 Å². The molecule has 0 N–H and O–H groups in total. The van der Waals surface area contributed by atoms with Crippen molar-refractivity contribution in [2.75, 3.05) is 21.3 Å². The van der Waals surface area contributed by atoms with Crippen LogP contribution in [0.15, 0.2) is 0 Å². The molecule has 0 unspecified atom stereocenters. The fourth-order valence-electron chi connectivity index (χ4n) is 1.86. The molecule has 0 aliphatic rings. The van der Waals surface area contributed by atoms with Crippen LogP contribution >= 0.6 is 0 Å². The lowest BCUT2D eigenvalue weighted by Crippen LogP contribution is -2.49. The van der Waals surface area contributed by atoms with Gasteiger partial charge >= 0.3 is 0 Å². The Labute approximate surface area is 81.4 Å². The van der Waals surface area contributed by atoms with Gasteiger partial charge in [-0.1, -0.05) is 27.2 Å². The summed E-state index contributed by atoms with van der Waals surface area (Å²) >= 11 is 0. The van der Waals surface area contributed by atoms with E-state index in [9.17, 15) is 0 Å². The molecule has 0 aromatic rings. The fraction of sp³-hybridized carbons (Fsp3) is 1.00. The SMILES string of the molecule is CCCC(C)(C)C(OC)(OC)OC. The standard InChI is InChI=1S/C10H22O3/c1-7-8-9(2,3)10(11-4,12-5)13-6/h7-8H2,1-6H3. The highest BCUT2D eigenvalue weighted by Gasteiger charge is 2.46. The van der Waals surface area contributed by atoms with Gasteiger partial charge < -0.3 is 14.2 Å². The first-order chi connectivity index (χ1) is 5.99. The highest BCUT2D eigenvalue weighted by molar-refractivity contribution is 4.79. The summed E-state index contributed by atoms with van der Waals surface area (Å²) in [7, 11) is 4.80. The van der Waals surface area contributed by atoms with Crippen molar-refractivity contribution in [2.45, 2.75) is 39.6 Å². The molecule has 0 aromatic heterocycles. The maximum atomic E-state index is 5.31. The van der Waals surface area contributed by atoms with Crippen LogP contribution in [0.5, 0.6) is 0 Å². The van der Waals surface area contributed by atoms with Crippen LogP contribution in [0.2, 0.25) is 0 Å². The Balaban J connectivity index is 4.68. The molecular weight excluding hydrogens is 168 g/mol. The molecule has 3 nitrogen and oxygen atoms in total. The van der Waals surface area contributed by atoms with Gasteiger partial charge in [0.25, 0.3) is 5.97 Å². The maximum absolute atomic E-state index is 5.31. The summed E-state index contributed by atoms with van der Waals surface area (Å²) in [5.74, 6) is -0.928. The van der Waals surface area contributed by atoms with Crippen molar-refractivity contribution < 1.29 is 14.2 Å². The van der Waals surface area contributed by atoms with Crippen molar-refractivity contribution in [1.82, 2.24) is 0 Å². The molecule has 3 heteroatoms. The van der Waals surface area contributed by atoms with Gasteiger partial charge in [0.05, 0.1) is 0 Å². The van der Waals surface area contributed by atoms with Crippen LogP contribution in [0, 0.1) is 5.41 Å². The third-order valence-electron chi connectivity index (χ3n) is 2.51. The van der Waals surface area contributed by atoms with Crippen molar-refractivity contribution in [2.24, 2.45) is 5.41 Å². The van der Waals surface area contributed by atoms with Crippen LogP contribution in [-0.2, 0) is 14.2 Å². The Kier molecular flexibility index (Phi) is 4.89. The molecule has 0 bridgehead atoms. The molecular formula is C10H22O3. The van der Waals surface area contributed by atoms with Crippen molar-refractivity contribution >= 4 is 0 Å². The first-order valence-electron chi connectivity index (χ1n) is 4.65. The van der Waals surface area contributed by atoms with Gasteiger partial charge in [-0.2, -0.15) is 0 Å². The molecule has 0 saturated heterocycles. The molecule has 0 aromatic carbocycles. The summed E-state index contributed by atoms with van der Waals surface area (Å²) in [6.07, 6.45) is 2.06. The van der Waals surface area contributed by atoms with Crippen LogP contribution in [0.4, 0.5) is 0 Å². The van der Waals surface area contributed by atoms with Crippen LogP contribution in [0.1, 0.15) is 33.6 Å². The molecule has 0 amide bonds. The number of rotatable bonds is 6. The molecule has 0 spiro atoms. The third-order valence-corrected chi connectivity index (χ3v) is 2.51. The monoisotopic (exact) mass is 190 g/mol. The van der Waals surface area contributed by atoms with Gasteiger partial charge in [0.15, 0.2) is 0 Å². The van der Waals surface area contributed by atoms with E-state index < -0.39 is 5.97 Å². The first kappa shape index (κ1) is 12.9. The number of hydrogen-bond donors (Lipinski definition) is 0. The Morgan fingerprint density at radius 1 is 0.923 bits per heavy atom. The van der Waals surface area contributed by atoms with Crippen LogP contribution < -0.4 is 0 Å². The zero-order valence-corrected chi connectivity index (χ0v) is 9.64. The van der Waals surface area contributed by atoms with Gasteiger partial charge in [0.1, 0.15) is 0 Å². The summed E-state index contributed by atoms with van der Waals surface area (Å²) in [5, 5.41) is 0. The quantitative estimate of drug-likeness (QED) is 0.602. The van der Waals surface area contributed by atoms with Crippen LogP contribution in [-0.4, -0.2) is 27.3 Å². The fourth-order valence-corrected chi connectivity index (χ4v) is 1.86. The molecule has 0 rings (SSSR count). The van der Waals surface area contributed by atoms with E-state index in [0.717, 1.165) is 12.8 Å². The highest BCUT2D eigenvalue weighted by Crippen LogP contribution is 2.39. The minimum absolute atomic E-state index is 0.153. The predicted octanol–water partition coefficient (Wildman–Crippen LogP) is 2.41. The zero-order valence-electron chi connectivity index (χ0n) is 9.64. The van der Waals surface area contributed by atoms with Gasteiger partial charge in [-0.15, -0.1) is 0 Å². The van der Waals surface area contributed by atoms with Crippen molar-refractivity contribution in [1.29, 1.82) is 0 Å². The second-order valence-electron chi connectivity index (χ2n) is 3.80. The van der Waals surface area contributed by atoms with E-state index in [0.29, 0.717) is 0 Å². The Bertz CT molecular complexity index is 131. The minimum atomic E-state index is -0.928. The van der Waals surface area contributed by atoms with Crippen LogP contribution in [0.3, 0.4) is 0 Å². The Hall–Kier alpha value is -0.120. The van der Waals surface area contributed by atoms with Crippen molar-refractivity contribution in [3.05, 3.63) is 0 Å². The molecule has 13 heavy (non-hydrogen) atoms. The van der Waals surface area contributed by atoms with Gasteiger partial charge in [0, 0.05) is 26.7 Å². The van der Waals surface area contributed by atoms with E-state index in [1.807, 2.05) is 0 Å². The lowest BCUT2D eigenvalue weighted by atomic mass is 9.85. The summed E-state index contributed by atoms with van der Waals surface area (Å²) in [6, 6.07) is 0. The van der Waals surface area contributed by atoms with E-state index >= 15 is 0 Å². The number of hydrogen-bond acceptors (Lipinski definition) is 3. The molecule has 80 valence electrons. The normalized spacial score (nSPS) is 13.4. The topological polar surface area (TPSA) is 27.7 Å². The van der Waals surface area contributed by atoms with Gasteiger partial charge in [-0.25, -0.2) is 0 Å². The minimum Gasteiger partial charge on any atom is -0.330 e. The molecule has 0 aliphatic heterocycles. The van der Waals surface area contributed by atoms with E-state index in [1.54, 1.807) is 21.3 Å². The molecule has 0 heterocycles. The maximum Gasteiger partial charge on any atom is 0.287 e. The molecule has 0 saturated carbocycles. The average molecular weight is 190 g/mol. The second kappa shape index (κ2) is 4.94. The van der Waals surface area contributed by atoms with Crippen molar-refractivity contribution in [3.63, 3.8) is 0 Å². The van der Waals surface area contributed by atoms with Gasteiger partial charge in [-0.3, -0.25) is 0 Å². The summed E-state index contributed by atoms with van der Waals surface area (Å²) in [6.45, 7) is 6.29. The largest absolute Gasteiger partial charge is 0.330 e. The van der Waals surface area contributed by atoms with Gasteiger partial charge in [-0.05, 0) is 6.42 Å². The smallest absolute Gasteiger partial charge is 0.287 e. The number of methoxy groups -OCH3 is 3. The lowest BCUT2D eigenvalue weighted by molar-refractivity contribution is -0.401. The van der Waals surface area contributed by atoms with E-state index in [-0.39, 0.29) is 5.41 Å². The Morgan fingerprint density at radius 3 is 1.54 bits per heavy atom. The highest BCUT2D eigenvalue weighted by atomic mass is 16.9. The molecule has 0 aliphatic carbocycles. The summed E-state index contributed by atoms with van der Waals surface area (Å²) in [4.78, 5) is 0. The molecule has 0 atom stereocenters. The average Bonchev–Trinajstić information content (AvgIpc) is 2.07. The lowest BCUT2D eigenvalue weighted by Gasteiger charge is -2.42. The Morgan fingerprint density at radius 2 is 1.31 bits per heavy atom. The number of ether oxygens (including phenoxy) is 3. The van der Waals surface area contributed by atoms with Crippen molar-refractivity contribution in [3.8, 4) is 0 Å². The first-order valence-corrected chi connectivity index (χ1v) is 4.65. The second-order valence-corrected chi connectivity index (χ2v) is 3.80. The predicted molar refractivity (Wildman–Crippen MR) is 52.4 cm³/mol. The summed E-state index contributed by atoms with van der Waals surface area (Å²) < 4.78 is 15.9. The van der Waals surface area contributed by atoms with E-state index in [1.165, 1.54) is 0 Å². The van der Waals surface area contributed by atoms with Gasteiger partial charge in [0.2, 0.25) is 0 Å².